The van der Waals surface area contributed by atoms with Crippen molar-refractivity contribution in [3.05, 3.63) is 77.2 Å². The normalized spacial score (nSPS) is 24.6. The van der Waals surface area contributed by atoms with E-state index in [1.165, 1.54) is 11.6 Å². The maximum atomic E-state index is 13.8. The second kappa shape index (κ2) is 8.15. The molecule has 156 valence electrons. The van der Waals surface area contributed by atoms with E-state index in [2.05, 4.69) is 22.3 Å². The number of nitrogens with zero attached hydrogens (tertiary/aromatic N) is 1. The predicted octanol–water partition coefficient (Wildman–Crippen LogP) is 5.31. The van der Waals surface area contributed by atoms with Crippen molar-refractivity contribution in [3.63, 3.8) is 0 Å². The molecule has 3 aromatic rings. The number of rotatable bonds is 4. The molecule has 4 heteroatoms. The van der Waals surface area contributed by atoms with E-state index in [9.17, 15) is 9.18 Å². The summed E-state index contributed by atoms with van der Waals surface area (Å²) < 4.78 is 13.8. The van der Waals surface area contributed by atoms with Crippen LogP contribution in [0.15, 0.2) is 54.7 Å². The lowest BCUT2D eigenvalue weighted by Gasteiger charge is -2.17. The molecule has 2 aromatic carbocycles. The van der Waals surface area contributed by atoms with E-state index < -0.39 is 0 Å². The average Bonchev–Trinajstić information content (AvgIpc) is 3.36. The zero-order valence-electron chi connectivity index (χ0n) is 17.4. The van der Waals surface area contributed by atoms with Crippen LogP contribution in [-0.4, -0.2) is 17.4 Å². The number of hydrogen-bond acceptors (Lipinski definition) is 2. The maximum absolute atomic E-state index is 13.8. The molecule has 5 rings (SSSR count). The minimum absolute atomic E-state index is 0.0382. The summed E-state index contributed by atoms with van der Waals surface area (Å²) in [6.07, 6.45) is 11.8. The summed E-state index contributed by atoms with van der Waals surface area (Å²) in [6.45, 7) is 0.719. The zero-order chi connectivity index (χ0) is 21.4. The Kier molecular flexibility index (Phi) is 5.19. The molecule has 1 aromatic heterocycles. The number of benzene rings is 2. The molecule has 0 bridgehead atoms. The summed E-state index contributed by atoms with van der Waals surface area (Å²) >= 11 is 0. The molecule has 31 heavy (non-hydrogen) atoms. The van der Waals surface area contributed by atoms with Gasteiger partial charge in [-0.1, -0.05) is 5.92 Å². The van der Waals surface area contributed by atoms with Crippen molar-refractivity contribution < 1.29 is 9.18 Å². The van der Waals surface area contributed by atoms with E-state index in [1.54, 1.807) is 36.4 Å². The van der Waals surface area contributed by atoms with E-state index in [1.807, 2.05) is 6.20 Å². The predicted molar refractivity (Wildman–Crippen MR) is 120 cm³/mol. The van der Waals surface area contributed by atoms with Crippen LogP contribution in [0.3, 0.4) is 0 Å². The number of amides is 1. The SMILES string of the molecule is C#Cc1ccc(C(=O)NCC2C[C@@H]3CC(c4ccnc5ccc(F)cc45)C[C@@H]3C2)cc1. The van der Waals surface area contributed by atoms with Crippen LogP contribution < -0.4 is 5.32 Å². The Bertz CT molecular complexity index is 1150. The van der Waals surface area contributed by atoms with Crippen molar-refractivity contribution in [3.8, 4) is 12.3 Å². The molecule has 0 saturated heterocycles. The fourth-order valence-corrected chi connectivity index (χ4v) is 5.72. The minimum Gasteiger partial charge on any atom is -0.352 e. The lowest BCUT2D eigenvalue weighted by atomic mass is 9.90. The topological polar surface area (TPSA) is 42.0 Å². The average molecular weight is 413 g/mol. The third-order valence-electron chi connectivity index (χ3n) is 7.16. The molecular formula is C27H25FN2O. The second-order valence-corrected chi connectivity index (χ2v) is 9.02. The number of nitrogens with one attached hydrogen (secondary N) is 1. The van der Waals surface area contributed by atoms with E-state index in [0.29, 0.717) is 29.2 Å². The Hall–Kier alpha value is -3.19. The summed E-state index contributed by atoms with van der Waals surface area (Å²) in [5.74, 6) is 4.67. The third-order valence-corrected chi connectivity index (χ3v) is 7.16. The van der Waals surface area contributed by atoms with Gasteiger partial charge in [-0.2, -0.15) is 0 Å². The zero-order valence-corrected chi connectivity index (χ0v) is 17.4. The molecule has 4 atom stereocenters. The molecule has 2 unspecified atom stereocenters. The number of hydrogen-bond donors (Lipinski definition) is 1. The Balaban J connectivity index is 1.19. The highest BCUT2D eigenvalue weighted by Crippen LogP contribution is 2.53. The first kappa shape index (κ1) is 19.8. The van der Waals surface area contributed by atoms with Crippen molar-refractivity contribution in [1.82, 2.24) is 10.3 Å². The lowest BCUT2D eigenvalue weighted by Crippen LogP contribution is -2.28. The number of pyridine rings is 1. The Labute approximate surface area is 182 Å². The van der Waals surface area contributed by atoms with Gasteiger partial charge in [0.25, 0.3) is 5.91 Å². The molecule has 2 aliphatic rings. The number of carbonyl (C=O) groups is 1. The van der Waals surface area contributed by atoms with Gasteiger partial charge < -0.3 is 5.32 Å². The Morgan fingerprint density at radius 1 is 1.06 bits per heavy atom. The maximum Gasteiger partial charge on any atom is 0.251 e. The standard InChI is InChI=1S/C27H25FN2O/c1-2-17-3-5-19(6-4-17)27(31)30-16-18-11-20-13-22(14-21(20)12-18)24-9-10-29-26-8-7-23(28)15-25(24)26/h1,3-10,15,18,20-22H,11-14,16H2,(H,30,31)/t18?,20-,21+,22?. The molecule has 0 spiro atoms. The van der Waals surface area contributed by atoms with E-state index in [0.717, 1.165) is 48.7 Å². The van der Waals surface area contributed by atoms with Crippen molar-refractivity contribution in [2.45, 2.75) is 31.6 Å². The van der Waals surface area contributed by atoms with Crippen molar-refractivity contribution >= 4 is 16.8 Å². The van der Waals surface area contributed by atoms with Crippen LogP contribution >= 0.6 is 0 Å². The van der Waals surface area contributed by atoms with Gasteiger partial charge in [-0.05, 0) is 103 Å². The highest BCUT2D eigenvalue weighted by atomic mass is 19.1. The molecule has 3 nitrogen and oxygen atoms in total. The summed E-state index contributed by atoms with van der Waals surface area (Å²) in [6, 6.07) is 14.1. The summed E-state index contributed by atoms with van der Waals surface area (Å²) in [5, 5.41) is 4.05. The van der Waals surface area contributed by atoms with Crippen molar-refractivity contribution in [1.29, 1.82) is 0 Å². The molecule has 1 heterocycles. The molecular weight excluding hydrogens is 387 g/mol. The van der Waals surface area contributed by atoms with Gasteiger partial charge >= 0.3 is 0 Å². The fraction of sp³-hybridized carbons (Fsp3) is 0.333. The molecule has 2 fully saturated rings. The molecule has 0 aliphatic heterocycles. The highest BCUT2D eigenvalue weighted by molar-refractivity contribution is 5.94. The number of carbonyl (C=O) groups excluding carboxylic acids is 1. The smallest absolute Gasteiger partial charge is 0.251 e. The number of aromatic nitrogens is 1. The first-order valence-corrected chi connectivity index (χ1v) is 11.0. The number of terminal acetylenes is 1. The third kappa shape index (κ3) is 3.93. The van der Waals surface area contributed by atoms with E-state index >= 15 is 0 Å². The molecule has 2 aliphatic carbocycles. The molecule has 1 amide bonds. The first-order chi connectivity index (χ1) is 15.1. The van der Waals surface area contributed by atoms with Crippen molar-refractivity contribution in [2.24, 2.45) is 17.8 Å². The molecule has 1 N–H and O–H groups in total. The second-order valence-electron chi connectivity index (χ2n) is 9.02. The molecule has 2 saturated carbocycles. The van der Waals surface area contributed by atoms with Gasteiger partial charge in [-0.25, -0.2) is 4.39 Å². The quantitative estimate of drug-likeness (QED) is 0.591. The Morgan fingerprint density at radius 3 is 2.52 bits per heavy atom. The summed E-state index contributed by atoms with van der Waals surface area (Å²) in [7, 11) is 0. The van der Waals surface area contributed by atoms with Gasteiger partial charge in [0.05, 0.1) is 5.52 Å². The molecule has 0 radical (unpaired) electrons. The lowest BCUT2D eigenvalue weighted by molar-refractivity contribution is 0.0946. The van der Waals surface area contributed by atoms with Crippen molar-refractivity contribution in [2.75, 3.05) is 6.54 Å². The van der Waals surface area contributed by atoms with Crippen LogP contribution in [0.5, 0.6) is 0 Å². The number of halogens is 1. The van der Waals surface area contributed by atoms with Gasteiger partial charge in [0.15, 0.2) is 0 Å². The van der Waals surface area contributed by atoms with Crippen LogP contribution in [0.1, 0.15) is 53.1 Å². The minimum atomic E-state index is -0.204. The van der Waals surface area contributed by atoms with Crippen LogP contribution in [0.25, 0.3) is 10.9 Å². The van der Waals surface area contributed by atoms with Gasteiger partial charge in [0.2, 0.25) is 0 Å². The highest BCUT2D eigenvalue weighted by Gasteiger charge is 2.42. The first-order valence-electron chi connectivity index (χ1n) is 11.0. The van der Waals surface area contributed by atoms with E-state index in [4.69, 9.17) is 6.42 Å². The monoisotopic (exact) mass is 412 g/mol. The fourth-order valence-electron chi connectivity index (χ4n) is 5.72. The van der Waals surface area contributed by atoms with Gasteiger partial charge in [0.1, 0.15) is 5.82 Å². The van der Waals surface area contributed by atoms with Crippen LogP contribution in [0, 0.1) is 35.9 Å². The number of fused-ring (bicyclic) bond motifs is 2. The summed E-state index contributed by atoms with van der Waals surface area (Å²) in [4.78, 5) is 16.8. The van der Waals surface area contributed by atoms with Gasteiger partial charge in [0, 0.05) is 29.3 Å². The van der Waals surface area contributed by atoms with Crippen LogP contribution in [0.2, 0.25) is 0 Å². The van der Waals surface area contributed by atoms with Gasteiger partial charge in [-0.15, -0.1) is 6.42 Å². The van der Waals surface area contributed by atoms with E-state index in [-0.39, 0.29) is 11.7 Å². The van der Waals surface area contributed by atoms with Crippen LogP contribution in [-0.2, 0) is 0 Å². The Morgan fingerprint density at radius 2 is 1.81 bits per heavy atom. The largest absolute Gasteiger partial charge is 0.352 e. The van der Waals surface area contributed by atoms with Crippen LogP contribution in [0.4, 0.5) is 4.39 Å². The summed E-state index contributed by atoms with van der Waals surface area (Å²) in [5.41, 5.74) is 3.53. The van der Waals surface area contributed by atoms with Gasteiger partial charge in [-0.3, -0.25) is 9.78 Å².